The standard InChI is InChI=1S/C29H26ClN3O7S/c1-3-39-29(35)21-11-9-20(10-12-21)26-16-14-23(40-26)18-31-32-28(34)19-33(25-17-22(30)13-15-27(25)38-2)41(36,37)24-7-5-4-6-8-24/h4-18H,3,19H2,1-2H3,(H,32,34)/b31-18+. The maximum absolute atomic E-state index is 13.5. The normalized spacial score (nSPS) is 11.3. The molecule has 0 bridgehead atoms. The number of benzene rings is 3. The van der Waals surface area contributed by atoms with Gasteiger partial charge in [0.1, 0.15) is 23.8 Å². The number of sulfonamides is 1. The van der Waals surface area contributed by atoms with Crippen LogP contribution in [-0.2, 0) is 19.6 Å². The van der Waals surface area contributed by atoms with Crippen molar-refractivity contribution in [2.75, 3.05) is 24.6 Å². The first-order valence-electron chi connectivity index (χ1n) is 12.3. The number of ether oxygens (including phenoxy) is 2. The maximum atomic E-state index is 13.5. The molecule has 1 N–H and O–H groups in total. The molecule has 0 spiro atoms. The van der Waals surface area contributed by atoms with E-state index in [1.807, 2.05) is 0 Å². The number of hydrogen-bond donors (Lipinski definition) is 1. The monoisotopic (exact) mass is 595 g/mol. The van der Waals surface area contributed by atoms with Crippen molar-refractivity contribution in [3.63, 3.8) is 0 Å². The third kappa shape index (κ3) is 7.13. The van der Waals surface area contributed by atoms with Gasteiger partial charge in [-0.05, 0) is 61.5 Å². The number of methoxy groups -OCH3 is 1. The number of furan rings is 1. The molecule has 0 fully saturated rings. The summed E-state index contributed by atoms with van der Waals surface area (Å²) in [6.45, 7) is 1.41. The van der Waals surface area contributed by atoms with Crippen molar-refractivity contribution >= 4 is 45.4 Å². The summed E-state index contributed by atoms with van der Waals surface area (Å²) in [6, 6.07) is 22.2. The molecule has 41 heavy (non-hydrogen) atoms. The minimum absolute atomic E-state index is 0.0169. The molecule has 12 heteroatoms. The predicted octanol–water partition coefficient (Wildman–Crippen LogP) is 5.13. The third-order valence-electron chi connectivity index (χ3n) is 5.72. The molecule has 1 heterocycles. The van der Waals surface area contributed by atoms with Gasteiger partial charge in [-0.3, -0.25) is 9.10 Å². The number of hydrogen-bond acceptors (Lipinski definition) is 8. The molecular formula is C29H26ClN3O7S. The first-order valence-corrected chi connectivity index (χ1v) is 14.2. The molecule has 4 aromatic rings. The van der Waals surface area contributed by atoms with Gasteiger partial charge in [0, 0.05) is 10.6 Å². The highest BCUT2D eigenvalue weighted by Gasteiger charge is 2.29. The molecule has 0 unspecified atom stereocenters. The van der Waals surface area contributed by atoms with Crippen molar-refractivity contribution in [2.45, 2.75) is 11.8 Å². The van der Waals surface area contributed by atoms with E-state index in [-0.39, 0.29) is 28.0 Å². The molecule has 1 amide bonds. The summed E-state index contributed by atoms with van der Waals surface area (Å²) in [5, 5.41) is 4.17. The Bertz CT molecular complexity index is 1650. The van der Waals surface area contributed by atoms with Gasteiger partial charge < -0.3 is 13.9 Å². The molecule has 212 valence electrons. The van der Waals surface area contributed by atoms with E-state index in [4.69, 9.17) is 25.5 Å². The van der Waals surface area contributed by atoms with Gasteiger partial charge in [-0.1, -0.05) is 41.9 Å². The lowest BCUT2D eigenvalue weighted by molar-refractivity contribution is -0.119. The van der Waals surface area contributed by atoms with E-state index in [0.717, 1.165) is 9.87 Å². The first kappa shape index (κ1) is 29.4. The van der Waals surface area contributed by atoms with Crippen molar-refractivity contribution in [3.8, 4) is 17.1 Å². The number of carbonyl (C=O) groups excluding carboxylic acids is 2. The van der Waals surface area contributed by atoms with Crippen LogP contribution in [-0.4, -0.2) is 46.8 Å². The van der Waals surface area contributed by atoms with Crippen molar-refractivity contribution < 1.29 is 31.9 Å². The summed E-state index contributed by atoms with van der Waals surface area (Å²) in [5.41, 5.74) is 3.56. The number of esters is 1. The molecule has 0 aliphatic rings. The van der Waals surface area contributed by atoms with E-state index in [9.17, 15) is 18.0 Å². The fourth-order valence-electron chi connectivity index (χ4n) is 3.77. The van der Waals surface area contributed by atoms with Crippen LogP contribution >= 0.6 is 11.6 Å². The van der Waals surface area contributed by atoms with Gasteiger partial charge >= 0.3 is 5.97 Å². The molecule has 0 aliphatic heterocycles. The Morgan fingerprint density at radius 1 is 1.02 bits per heavy atom. The molecule has 1 aromatic heterocycles. The Kier molecular flexibility index (Phi) is 9.43. The number of rotatable bonds is 11. The van der Waals surface area contributed by atoms with Crippen LogP contribution in [0.15, 0.2) is 99.3 Å². The van der Waals surface area contributed by atoms with E-state index in [1.165, 1.54) is 37.6 Å². The topological polar surface area (TPSA) is 128 Å². The fraction of sp³-hybridized carbons (Fsp3) is 0.138. The highest BCUT2D eigenvalue weighted by Crippen LogP contribution is 2.34. The Labute approximate surface area is 242 Å². The van der Waals surface area contributed by atoms with Crippen LogP contribution < -0.4 is 14.5 Å². The summed E-state index contributed by atoms with van der Waals surface area (Å²) in [5.74, 6) is -0.0693. The van der Waals surface area contributed by atoms with Crippen LogP contribution in [0.2, 0.25) is 5.02 Å². The van der Waals surface area contributed by atoms with Gasteiger partial charge in [-0.2, -0.15) is 5.10 Å². The van der Waals surface area contributed by atoms with Crippen LogP contribution in [0.1, 0.15) is 23.0 Å². The zero-order valence-electron chi connectivity index (χ0n) is 22.1. The Hall–Kier alpha value is -4.61. The van der Waals surface area contributed by atoms with Crippen LogP contribution in [0.4, 0.5) is 5.69 Å². The van der Waals surface area contributed by atoms with Gasteiger partial charge in [0.05, 0.1) is 36.1 Å². The number of carbonyl (C=O) groups is 2. The average Bonchev–Trinajstić information content (AvgIpc) is 3.45. The van der Waals surface area contributed by atoms with Crippen molar-refractivity contribution in [1.29, 1.82) is 0 Å². The second-order valence-electron chi connectivity index (χ2n) is 8.43. The van der Waals surface area contributed by atoms with E-state index < -0.39 is 28.4 Å². The zero-order chi connectivity index (χ0) is 29.4. The lowest BCUT2D eigenvalue weighted by Crippen LogP contribution is -2.39. The number of anilines is 1. The molecule has 3 aromatic carbocycles. The maximum Gasteiger partial charge on any atom is 0.338 e. The number of halogens is 1. The van der Waals surface area contributed by atoms with Gasteiger partial charge in [0.2, 0.25) is 0 Å². The van der Waals surface area contributed by atoms with Crippen LogP contribution in [0, 0.1) is 0 Å². The van der Waals surface area contributed by atoms with E-state index in [2.05, 4.69) is 10.5 Å². The van der Waals surface area contributed by atoms with Crippen molar-refractivity contribution in [2.24, 2.45) is 5.10 Å². The second kappa shape index (κ2) is 13.2. The minimum atomic E-state index is -4.18. The molecule has 0 atom stereocenters. The molecule has 0 saturated carbocycles. The largest absolute Gasteiger partial charge is 0.495 e. The number of nitrogens with zero attached hydrogens (tertiary/aromatic N) is 2. The fourth-order valence-corrected chi connectivity index (χ4v) is 5.38. The van der Waals surface area contributed by atoms with Crippen LogP contribution in [0.25, 0.3) is 11.3 Å². The Morgan fingerprint density at radius 3 is 2.44 bits per heavy atom. The summed E-state index contributed by atoms with van der Waals surface area (Å²) in [6.07, 6.45) is 1.28. The Morgan fingerprint density at radius 2 is 1.76 bits per heavy atom. The first-order chi connectivity index (χ1) is 19.7. The summed E-state index contributed by atoms with van der Waals surface area (Å²) in [4.78, 5) is 24.7. The molecule has 0 radical (unpaired) electrons. The van der Waals surface area contributed by atoms with Crippen molar-refractivity contribution in [3.05, 3.63) is 101 Å². The van der Waals surface area contributed by atoms with Gasteiger partial charge in [-0.25, -0.2) is 18.6 Å². The SMILES string of the molecule is CCOC(=O)c1ccc(-c2ccc(/C=N/NC(=O)CN(c3cc(Cl)ccc3OC)S(=O)(=O)c3ccccc3)o2)cc1. The van der Waals surface area contributed by atoms with Crippen molar-refractivity contribution in [1.82, 2.24) is 5.43 Å². The zero-order valence-corrected chi connectivity index (χ0v) is 23.7. The number of hydrazone groups is 1. The molecular weight excluding hydrogens is 570 g/mol. The quantitative estimate of drug-likeness (QED) is 0.145. The van der Waals surface area contributed by atoms with E-state index in [0.29, 0.717) is 17.1 Å². The molecule has 0 aliphatic carbocycles. The average molecular weight is 596 g/mol. The van der Waals surface area contributed by atoms with Gasteiger partial charge in [-0.15, -0.1) is 0 Å². The summed E-state index contributed by atoms with van der Waals surface area (Å²) < 4.78 is 44.1. The lowest BCUT2D eigenvalue weighted by atomic mass is 10.1. The van der Waals surface area contributed by atoms with Crippen LogP contribution in [0.3, 0.4) is 0 Å². The predicted molar refractivity (Wildman–Crippen MR) is 155 cm³/mol. The summed E-state index contributed by atoms with van der Waals surface area (Å²) in [7, 11) is -2.79. The van der Waals surface area contributed by atoms with Gasteiger partial charge in [0.25, 0.3) is 15.9 Å². The van der Waals surface area contributed by atoms with Crippen LogP contribution in [0.5, 0.6) is 5.75 Å². The van der Waals surface area contributed by atoms with E-state index in [1.54, 1.807) is 67.6 Å². The second-order valence-corrected chi connectivity index (χ2v) is 10.7. The molecule has 4 rings (SSSR count). The highest BCUT2D eigenvalue weighted by atomic mass is 35.5. The smallest absolute Gasteiger partial charge is 0.338 e. The molecule has 10 nitrogen and oxygen atoms in total. The minimum Gasteiger partial charge on any atom is -0.495 e. The molecule has 0 saturated heterocycles. The third-order valence-corrected chi connectivity index (χ3v) is 7.73. The summed E-state index contributed by atoms with van der Waals surface area (Å²) >= 11 is 6.15. The van der Waals surface area contributed by atoms with E-state index >= 15 is 0 Å². The number of nitrogens with one attached hydrogen (secondary N) is 1. The lowest BCUT2D eigenvalue weighted by Gasteiger charge is -2.25. The Balaban J connectivity index is 1.49. The highest BCUT2D eigenvalue weighted by molar-refractivity contribution is 7.92. The van der Waals surface area contributed by atoms with Gasteiger partial charge in [0.15, 0.2) is 0 Å². The number of amides is 1.